The highest BCUT2D eigenvalue weighted by molar-refractivity contribution is 9.10. The van der Waals surface area contributed by atoms with Crippen molar-refractivity contribution in [3.05, 3.63) is 58.9 Å². The zero-order valence-corrected chi connectivity index (χ0v) is 16.8. The van der Waals surface area contributed by atoms with Crippen LogP contribution in [0.2, 0.25) is 0 Å². The summed E-state index contributed by atoms with van der Waals surface area (Å²) in [5.41, 5.74) is 1.48. The van der Waals surface area contributed by atoms with Gasteiger partial charge in [0.15, 0.2) is 0 Å². The normalized spacial score (nSPS) is 16.2. The second-order valence-corrected chi connectivity index (χ2v) is 7.36. The summed E-state index contributed by atoms with van der Waals surface area (Å²) in [7, 11) is 1.60. The van der Waals surface area contributed by atoms with Gasteiger partial charge in [-0.3, -0.25) is 0 Å². The molecular formula is C20H19BrN4O3. The van der Waals surface area contributed by atoms with Gasteiger partial charge in [-0.25, -0.2) is 4.79 Å². The lowest BCUT2D eigenvalue weighted by atomic mass is 10.2. The highest BCUT2D eigenvalue weighted by Crippen LogP contribution is 2.34. The molecule has 0 aliphatic carbocycles. The predicted octanol–water partition coefficient (Wildman–Crippen LogP) is 4.88. The van der Waals surface area contributed by atoms with Crippen LogP contribution in [0.25, 0.3) is 11.4 Å². The van der Waals surface area contributed by atoms with E-state index in [2.05, 4.69) is 31.4 Å². The number of nitrogens with one attached hydrogen (secondary N) is 1. The molecule has 8 heteroatoms. The highest BCUT2D eigenvalue weighted by atomic mass is 79.9. The third-order valence-corrected chi connectivity index (χ3v) is 5.16. The van der Waals surface area contributed by atoms with Gasteiger partial charge >= 0.3 is 6.03 Å². The van der Waals surface area contributed by atoms with E-state index in [1.54, 1.807) is 12.0 Å². The van der Waals surface area contributed by atoms with Gasteiger partial charge in [0.2, 0.25) is 11.7 Å². The number of anilines is 1. The summed E-state index contributed by atoms with van der Waals surface area (Å²) >= 11 is 3.41. The van der Waals surface area contributed by atoms with E-state index in [0.717, 1.165) is 28.6 Å². The van der Waals surface area contributed by atoms with E-state index in [-0.39, 0.29) is 12.1 Å². The number of carbonyl (C=O) groups is 1. The molecule has 1 N–H and O–H groups in total. The van der Waals surface area contributed by atoms with Gasteiger partial charge in [0.1, 0.15) is 11.8 Å². The van der Waals surface area contributed by atoms with Crippen LogP contribution in [0.15, 0.2) is 57.5 Å². The van der Waals surface area contributed by atoms with Crippen molar-refractivity contribution >= 4 is 27.6 Å². The molecule has 1 saturated heterocycles. The molecule has 1 aliphatic rings. The van der Waals surface area contributed by atoms with Crippen LogP contribution in [0.5, 0.6) is 5.75 Å². The first-order valence-electron chi connectivity index (χ1n) is 8.96. The third kappa shape index (κ3) is 3.73. The summed E-state index contributed by atoms with van der Waals surface area (Å²) < 4.78 is 11.8. The van der Waals surface area contributed by atoms with Crippen molar-refractivity contribution in [1.82, 2.24) is 15.0 Å². The maximum Gasteiger partial charge on any atom is 0.322 e. The second kappa shape index (κ2) is 8.02. The molecule has 2 aromatic carbocycles. The van der Waals surface area contributed by atoms with Gasteiger partial charge in [-0.2, -0.15) is 4.98 Å². The fourth-order valence-corrected chi connectivity index (χ4v) is 3.74. The van der Waals surface area contributed by atoms with Crippen molar-refractivity contribution in [3.63, 3.8) is 0 Å². The SMILES string of the molecule is COc1ccccc1-c1noc(C2CCCN2C(=O)Nc2cccc(Br)c2)n1. The summed E-state index contributed by atoms with van der Waals surface area (Å²) in [6, 6.07) is 14.6. The van der Waals surface area contributed by atoms with Gasteiger partial charge in [-0.15, -0.1) is 0 Å². The number of urea groups is 1. The van der Waals surface area contributed by atoms with E-state index in [1.165, 1.54) is 0 Å². The molecule has 1 aliphatic heterocycles. The van der Waals surface area contributed by atoms with Crippen molar-refractivity contribution in [2.75, 3.05) is 19.0 Å². The fraction of sp³-hybridized carbons (Fsp3) is 0.250. The van der Waals surface area contributed by atoms with Crippen LogP contribution in [-0.2, 0) is 0 Å². The number of nitrogens with zero attached hydrogens (tertiary/aromatic N) is 3. The largest absolute Gasteiger partial charge is 0.496 e. The maximum atomic E-state index is 12.8. The molecule has 0 bridgehead atoms. The Kier molecular flexibility index (Phi) is 5.29. The van der Waals surface area contributed by atoms with Gasteiger partial charge in [0.05, 0.1) is 12.7 Å². The Hall–Kier alpha value is -2.87. The molecule has 144 valence electrons. The van der Waals surface area contributed by atoms with Gasteiger partial charge in [0.25, 0.3) is 0 Å². The number of carbonyl (C=O) groups excluding carboxylic acids is 1. The minimum Gasteiger partial charge on any atom is -0.496 e. The number of rotatable bonds is 4. The standard InChI is InChI=1S/C20H19BrN4O3/c1-27-17-10-3-2-8-15(17)18-23-19(28-24-18)16-9-5-11-25(16)20(26)22-14-7-4-6-13(21)12-14/h2-4,6-8,10,12,16H,5,9,11H2,1H3,(H,22,26). The summed E-state index contributed by atoms with van der Waals surface area (Å²) in [5, 5.41) is 7.03. The summed E-state index contributed by atoms with van der Waals surface area (Å²) in [6.07, 6.45) is 1.66. The Balaban J connectivity index is 1.54. The molecule has 1 fully saturated rings. The van der Waals surface area contributed by atoms with E-state index in [0.29, 0.717) is 24.0 Å². The molecule has 0 spiro atoms. The predicted molar refractivity (Wildman–Crippen MR) is 108 cm³/mol. The number of aromatic nitrogens is 2. The number of methoxy groups -OCH3 is 1. The van der Waals surface area contributed by atoms with Crippen molar-refractivity contribution in [1.29, 1.82) is 0 Å². The Bertz CT molecular complexity index is 991. The molecule has 1 aromatic heterocycles. The van der Waals surface area contributed by atoms with Crippen LogP contribution in [0.1, 0.15) is 24.8 Å². The molecule has 1 atom stereocenters. The van der Waals surface area contributed by atoms with E-state index in [9.17, 15) is 4.79 Å². The smallest absolute Gasteiger partial charge is 0.322 e. The molecule has 28 heavy (non-hydrogen) atoms. The minimum absolute atomic E-state index is 0.183. The summed E-state index contributed by atoms with van der Waals surface area (Å²) in [5.74, 6) is 1.56. The van der Waals surface area contributed by atoms with Crippen molar-refractivity contribution in [2.45, 2.75) is 18.9 Å². The number of hydrogen-bond donors (Lipinski definition) is 1. The highest BCUT2D eigenvalue weighted by Gasteiger charge is 2.34. The van der Waals surface area contributed by atoms with Gasteiger partial charge < -0.3 is 19.5 Å². The molecule has 4 rings (SSSR count). The lowest BCUT2D eigenvalue weighted by Gasteiger charge is -2.22. The first-order valence-corrected chi connectivity index (χ1v) is 9.75. The van der Waals surface area contributed by atoms with Crippen LogP contribution in [-0.4, -0.2) is 34.7 Å². The number of hydrogen-bond acceptors (Lipinski definition) is 5. The van der Waals surface area contributed by atoms with Crippen molar-refractivity contribution < 1.29 is 14.1 Å². The number of halogens is 1. The van der Waals surface area contributed by atoms with Gasteiger partial charge in [-0.1, -0.05) is 39.3 Å². The number of para-hydroxylation sites is 1. The lowest BCUT2D eigenvalue weighted by molar-refractivity contribution is 0.193. The molecule has 0 radical (unpaired) electrons. The first kappa shape index (κ1) is 18.5. The Morgan fingerprint density at radius 2 is 2.14 bits per heavy atom. The van der Waals surface area contributed by atoms with Crippen LogP contribution in [0.3, 0.4) is 0 Å². The number of ether oxygens (including phenoxy) is 1. The van der Waals surface area contributed by atoms with Crippen molar-refractivity contribution in [2.24, 2.45) is 0 Å². The fourth-order valence-electron chi connectivity index (χ4n) is 3.34. The molecule has 0 saturated carbocycles. The average molecular weight is 443 g/mol. The van der Waals surface area contributed by atoms with Crippen molar-refractivity contribution in [3.8, 4) is 17.1 Å². The minimum atomic E-state index is -0.247. The molecular weight excluding hydrogens is 424 g/mol. The quantitative estimate of drug-likeness (QED) is 0.622. The molecule has 1 unspecified atom stereocenters. The van der Waals surface area contributed by atoms with Crippen LogP contribution < -0.4 is 10.1 Å². The van der Waals surface area contributed by atoms with E-state index >= 15 is 0 Å². The number of amides is 2. The molecule has 2 heterocycles. The number of likely N-dealkylation sites (tertiary alicyclic amines) is 1. The molecule has 7 nitrogen and oxygen atoms in total. The van der Waals surface area contributed by atoms with Gasteiger partial charge in [-0.05, 0) is 43.2 Å². The van der Waals surface area contributed by atoms with Crippen LogP contribution >= 0.6 is 15.9 Å². The Labute approximate surface area is 170 Å². The number of benzene rings is 2. The van der Waals surface area contributed by atoms with E-state index < -0.39 is 0 Å². The van der Waals surface area contributed by atoms with Crippen LogP contribution in [0, 0.1) is 0 Å². The average Bonchev–Trinajstić information content (AvgIpc) is 3.37. The van der Waals surface area contributed by atoms with E-state index in [1.807, 2.05) is 48.5 Å². The van der Waals surface area contributed by atoms with Crippen LogP contribution in [0.4, 0.5) is 10.5 Å². The van der Waals surface area contributed by atoms with E-state index in [4.69, 9.17) is 9.26 Å². The third-order valence-electron chi connectivity index (χ3n) is 4.66. The molecule has 3 aromatic rings. The second-order valence-electron chi connectivity index (χ2n) is 6.45. The zero-order valence-electron chi connectivity index (χ0n) is 15.3. The monoisotopic (exact) mass is 442 g/mol. The Morgan fingerprint density at radius 1 is 1.29 bits per heavy atom. The van der Waals surface area contributed by atoms with Gasteiger partial charge in [0, 0.05) is 16.7 Å². The topological polar surface area (TPSA) is 80.5 Å². The summed E-state index contributed by atoms with van der Waals surface area (Å²) in [6.45, 7) is 0.636. The zero-order chi connectivity index (χ0) is 19.5. The molecule has 2 amide bonds. The first-order chi connectivity index (χ1) is 13.7. The Morgan fingerprint density at radius 3 is 2.96 bits per heavy atom. The maximum absolute atomic E-state index is 12.8. The summed E-state index contributed by atoms with van der Waals surface area (Å²) in [4.78, 5) is 19.1. The lowest BCUT2D eigenvalue weighted by Crippen LogP contribution is -2.34.